The monoisotopic (exact) mass is 267 g/mol. The smallest absolute Gasteiger partial charge is 0.255 e. The number of ether oxygens (including phenoxy) is 1. The van der Waals surface area contributed by atoms with Crippen molar-refractivity contribution in [1.29, 1.82) is 0 Å². The van der Waals surface area contributed by atoms with Crippen molar-refractivity contribution in [2.45, 2.75) is 6.42 Å². The van der Waals surface area contributed by atoms with E-state index in [2.05, 4.69) is 5.32 Å². The lowest BCUT2D eigenvalue weighted by Crippen LogP contribution is -2.17. The van der Waals surface area contributed by atoms with Crippen LogP contribution in [0.5, 0.6) is 5.75 Å². The number of carbonyl (C=O) groups excluding carboxylic acids is 2. The Morgan fingerprint density at radius 2 is 1.90 bits per heavy atom. The van der Waals surface area contributed by atoms with E-state index in [0.717, 1.165) is 0 Å². The number of Topliss-reactive ketones (excluding diaryl/α,β-unsaturated/α-hetero) is 1. The van der Waals surface area contributed by atoms with Crippen LogP contribution < -0.4 is 10.1 Å². The van der Waals surface area contributed by atoms with Gasteiger partial charge < -0.3 is 10.1 Å². The van der Waals surface area contributed by atoms with Gasteiger partial charge in [0.1, 0.15) is 5.75 Å². The van der Waals surface area contributed by atoms with Gasteiger partial charge in [0.25, 0.3) is 5.91 Å². The van der Waals surface area contributed by atoms with Gasteiger partial charge >= 0.3 is 0 Å². The Morgan fingerprint density at radius 1 is 1.10 bits per heavy atom. The van der Waals surface area contributed by atoms with Crippen LogP contribution in [0.2, 0.25) is 0 Å². The molecule has 0 fully saturated rings. The van der Waals surface area contributed by atoms with Gasteiger partial charge in [0.2, 0.25) is 0 Å². The number of benzene rings is 2. The Bertz CT molecular complexity index is 665. The summed E-state index contributed by atoms with van der Waals surface area (Å²) in [6.45, 7) is 0.418. The number of hydrogen-bond acceptors (Lipinski definition) is 3. The number of anilines is 1. The first-order chi connectivity index (χ1) is 9.74. The third kappa shape index (κ3) is 2.40. The molecule has 1 amide bonds. The maximum atomic E-state index is 12.0. The Labute approximate surface area is 116 Å². The molecule has 0 aliphatic carbocycles. The summed E-state index contributed by atoms with van der Waals surface area (Å²) in [5.41, 5.74) is 1.70. The fraction of sp³-hybridized carbons (Fsp3) is 0.125. The SMILES string of the molecule is O=C(Nc1ccc2c(c1)C(=O)CCO2)c1ccccc1. The largest absolute Gasteiger partial charge is 0.492 e. The molecule has 2 aromatic rings. The second kappa shape index (κ2) is 5.17. The van der Waals surface area contributed by atoms with Gasteiger partial charge in [0.05, 0.1) is 12.2 Å². The number of amides is 1. The topological polar surface area (TPSA) is 55.4 Å². The lowest BCUT2D eigenvalue weighted by molar-refractivity contribution is 0.0932. The third-order valence-electron chi connectivity index (χ3n) is 3.16. The zero-order valence-electron chi connectivity index (χ0n) is 10.8. The fourth-order valence-corrected chi connectivity index (χ4v) is 2.13. The predicted molar refractivity (Wildman–Crippen MR) is 75.3 cm³/mol. The van der Waals surface area contributed by atoms with Crippen molar-refractivity contribution < 1.29 is 14.3 Å². The minimum absolute atomic E-state index is 0.0436. The van der Waals surface area contributed by atoms with Crippen molar-refractivity contribution in [1.82, 2.24) is 0 Å². The number of nitrogens with one attached hydrogen (secondary N) is 1. The van der Waals surface area contributed by atoms with Crippen LogP contribution in [0.25, 0.3) is 0 Å². The third-order valence-corrected chi connectivity index (χ3v) is 3.16. The molecule has 0 unspecified atom stereocenters. The average molecular weight is 267 g/mol. The molecule has 4 heteroatoms. The molecule has 4 nitrogen and oxygen atoms in total. The Kier molecular flexibility index (Phi) is 3.21. The van der Waals surface area contributed by atoms with Gasteiger partial charge in [-0.2, -0.15) is 0 Å². The van der Waals surface area contributed by atoms with Gasteiger partial charge in [-0.15, -0.1) is 0 Å². The Morgan fingerprint density at radius 3 is 2.70 bits per heavy atom. The lowest BCUT2D eigenvalue weighted by atomic mass is 10.0. The van der Waals surface area contributed by atoms with Gasteiger partial charge in [-0.1, -0.05) is 18.2 Å². The summed E-state index contributed by atoms with van der Waals surface area (Å²) < 4.78 is 5.40. The highest BCUT2D eigenvalue weighted by Crippen LogP contribution is 2.27. The summed E-state index contributed by atoms with van der Waals surface area (Å²) in [4.78, 5) is 23.8. The van der Waals surface area contributed by atoms with E-state index < -0.39 is 0 Å². The van der Waals surface area contributed by atoms with Crippen LogP contribution in [0.1, 0.15) is 27.1 Å². The van der Waals surface area contributed by atoms with Crippen molar-refractivity contribution in [2.24, 2.45) is 0 Å². The van der Waals surface area contributed by atoms with E-state index in [-0.39, 0.29) is 11.7 Å². The first-order valence-electron chi connectivity index (χ1n) is 6.40. The average Bonchev–Trinajstić information content (AvgIpc) is 2.49. The van der Waals surface area contributed by atoms with Crippen LogP contribution in [-0.2, 0) is 0 Å². The molecule has 2 aromatic carbocycles. The summed E-state index contributed by atoms with van der Waals surface area (Å²) >= 11 is 0. The zero-order valence-corrected chi connectivity index (χ0v) is 10.8. The molecular weight excluding hydrogens is 254 g/mol. The van der Waals surface area contributed by atoms with Crippen LogP contribution in [0.15, 0.2) is 48.5 Å². The molecule has 1 aliphatic heterocycles. The van der Waals surface area contributed by atoms with Gasteiger partial charge in [-0.05, 0) is 30.3 Å². The Balaban J connectivity index is 1.83. The quantitative estimate of drug-likeness (QED) is 0.910. The number of fused-ring (bicyclic) bond motifs is 1. The van der Waals surface area contributed by atoms with Gasteiger partial charge in [0, 0.05) is 17.7 Å². The van der Waals surface area contributed by atoms with Crippen LogP contribution >= 0.6 is 0 Å². The van der Waals surface area contributed by atoms with E-state index in [0.29, 0.717) is 35.6 Å². The zero-order chi connectivity index (χ0) is 13.9. The van der Waals surface area contributed by atoms with E-state index in [1.54, 1.807) is 42.5 Å². The van der Waals surface area contributed by atoms with Crippen LogP contribution in [0.3, 0.4) is 0 Å². The summed E-state index contributed by atoms with van der Waals surface area (Å²) in [7, 11) is 0. The number of rotatable bonds is 2. The second-order valence-electron chi connectivity index (χ2n) is 4.55. The molecule has 20 heavy (non-hydrogen) atoms. The van der Waals surface area contributed by atoms with Gasteiger partial charge in [-0.25, -0.2) is 0 Å². The number of hydrogen-bond donors (Lipinski definition) is 1. The molecule has 1 heterocycles. The van der Waals surface area contributed by atoms with E-state index in [1.165, 1.54) is 0 Å². The standard InChI is InChI=1S/C16H13NO3/c18-14-8-9-20-15-7-6-12(10-13(14)15)17-16(19)11-4-2-1-3-5-11/h1-7,10H,8-9H2,(H,17,19). The van der Waals surface area contributed by atoms with E-state index in [4.69, 9.17) is 4.74 Å². The van der Waals surface area contributed by atoms with Gasteiger partial charge in [0.15, 0.2) is 5.78 Å². The van der Waals surface area contributed by atoms with Crippen molar-refractivity contribution in [3.05, 3.63) is 59.7 Å². The Hall–Kier alpha value is -2.62. The van der Waals surface area contributed by atoms with Gasteiger partial charge in [-0.3, -0.25) is 9.59 Å². The molecule has 0 radical (unpaired) electrons. The summed E-state index contributed by atoms with van der Waals surface area (Å²) in [6, 6.07) is 14.1. The molecule has 100 valence electrons. The van der Waals surface area contributed by atoms with Crippen LogP contribution in [0.4, 0.5) is 5.69 Å². The van der Waals surface area contributed by atoms with E-state index >= 15 is 0 Å². The fourth-order valence-electron chi connectivity index (χ4n) is 2.13. The highest BCUT2D eigenvalue weighted by molar-refractivity contribution is 6.06. The van der Waals surface area contributed by atoms with Crippen molar-refractivity contribution in [3.8, 4) is 5.75 Å². The predicted octanol–water partition coefficient (Wildman–Crippen LogP) is 2.90. The molecule has 0 aromatic heterocycles. The lowest BCUT2D eigenvalue weighted by Gasteiger charge is -2.17. The maximum absolute atomic E-state index is 12.0. The minimum atomic E-state index is -0.199. The molecular formula is C16H13NO3. The van der Waals surface area contributed by atoms with Crippen molar-refractivity contribution in [2.75, 3.05) is 11.9 Å². The van der Waals surface area contributed by atoms with Crippen molar-refractivity contribution in [3.63, 3.8) is 0 Å². The molecule has 0 atom stereocenters. The normalized spacial score (nSPS) is 13.3. The highest BCUT2D eigenvalue weighted by atomic mass is 16.5. The molecule has 0 bridgehead atoms. The molecule has 3 rings (SSSR count). The van der Waals surface area contributed by atoms with E-state index in [1.807, 2.05) is 6.07 Å². The number of ketones is 1. The summed E-state index contributed by atoms with van der Waals surface area (Å²) in [5.74, 6) is 0.427. The number of carbonyl (C=O) groups is 2. The maximum Gasteiger partial charge on any atom is 0.255 e. The van der Waals surface area contributed by atoms with Crippen LogP contribution in [0, 0.1) is 0 Å². The first-order valence-corrected chi connectivity index (χ1v) is 6.40. The highest BCUT2D eigenvalue weighted by Gasteiger charge is 2.19. The second-order valence-corrected chi connectivity index (χ2v) is 4.55. The van der Waals surface area contributed by atoms with Crippen LogP contribution in [-0.4, -0.2) is 18.3 Å². The molecule has 0 saturated heterocycles. The first kappa shape index (κ1) is 12.4. The summed E-state index contributed by atoms with van der Waals surface area (Å²) in [6.07, 6.45) is 0.378. The molecule has 0 saturated carbocycles. The molecule has 0 spiro atoms. The molecule has 1 N–H and O–H groups in total. The minimum Gasteiger partial charge on any atom is -0.492 e. The van der Waals surface area contributed by atoms with Crippen molar-refractivity contribution >= 4 is 17.4 Å². The molecule has 1 aliphatic rings. The van der Waals surface area contributed by atoms with E-state index in [9.17, 15) is 9.59 Å². The summed E-state index contributed by atoms with van der Waals surface area (Å²) in [5, 5.41) is 2.78.